The maximum Gasteiger partial charge on any atom is 0.223 e. The predicted molar refractivity (Wildman–Crippen MR) is 93.4 cm³/mol. The SMILES string of the molecule is Brc1ccccc1.O=C(NCCO)C1CC1.c1ccccc1. The first kappa shape index (κ1) is 18.4. The van der Waals surface area contributed by atoms with E-state index in [1.165, 1.54) is 0 Å². The normalized spacial score (nSPS) is 12.1. The molecule has 0 spiro atoms. The van der Waals surface area contributed by atoms with Crippen LogP contribution in [0.3, 0.4) is 0 Å². The number of halogens is 1. The molecule has 0 bridgehead atoms. The van der Waals surface area contributed by atoms with Gasteiger partial charge in [0.25, 0.3) is 0 Å². The van der Waals surface area contributed by atoms with Crippen LogP contribution in [0.4, 0.5) is 0 Å². The van der Waals surface area contributed by atoms with Crippen molar-refractivity contribution in [2.24, 2.45) is 5.92 Å². The molecule has 0 atom stereocenters. The molecule has 1 aliphatic carbocycles. The van der Waals surface area contributed by atoms with Gasteiger partial charge in [0.2, 0.25) is 5.91 Å². The minimum Gasteiger partial charge on any atom is -0.395 e. The largest absolute Gasteiger partial charge is 0.395 e. The van der Waals surface area contributed by atoms with Gasteiger partial charge in [-0.2, -0.15) is 0 Å². The molecule has 4 heteroatoms. The molecule has 2 N–H and O–H groups in total. The maximum atomic E-state index is 10.7. The van der Waals surface area contributed by atoms with Crippen LogP contribution in [0, 0.1) is 5.92 Å². The zero-order chi connectivity index (χ0) is 16.0. The molecule has 1 saturated carbocycles. The van der Waals surface area contributed by atoms with E-state index in [0.717, 1.165) is 17.3 Å². The van der Waals surface area contributed by atoms with Crippen LogP contribution >= 0.6 is 15.9 Å². The molecule has 2 aromatic rings. The summed E-state index contributed by atoms with van der Waals surface area (Å²) in [6.07, 6.45) is 2.05. The molecule has 3 nitrogen and oxygen atoms in total. The second-order valence-corrected chi connectivity index (χ2v) is 5.65. The Hall–Kier alpha value is -1.65. The summed E-state index contributed by atoms with van der Waals surface area (Å²) in [5.41, 5.74) is 0. The molecule has 0 aromatic heterocycles. The van der Waals surface area contributed by atoms with Crippen molar-refractivity contribution in [3.8, 4) is 0 Å². The summed E-state index contributed by atoms with van der Waals surface area (Å²) in [7, 11) is 0. The fourth-order valence-electron chi connectivity index (χ4n) is 1.47. The van der Waals surface area contributed by atoms with Crippen molar-refractivity contribution < 1.29 is 9.90 Å². The summed E-state index contributed by atoms with van der Waals surface area (Å²) in [5.74, 6) is 0.362. The van der Waals surface area contributed by atoms with Gasteiger partial charge >= 0.3 is 0 Å². The lowest BCUT2D eigenvalue weighted by Gasteiger charge is -1.98. The molecule has 0 heterocycles. The van der Waals surface area contributed by atoms with Crippen LogP contribution < -0.4 is 5.32 Å². The molecule has 3 rings (SSSR count). The molecular weight excluding hydrogens is 342 g/mol. The van der Waals surface area contributed by atoms with Gasteiger partial charge in [0.05, 0.1) is 6.61 Å². The number of benzene rings is 2. The first-order valence-corrected chi connectivity index (χ1v) is 8.12. The van der Waals surface area contributed by atoms with Crippen molar-refractivity contribution in [2.75, 3.05) is 13.2 Å². The average molecular weight is 364 g/mol. The molecule has 2 aromatic carbocycles. The lowest BCUT2D eigenvalue weighted by Crippen LogP contribution is -2.27. The van der Waals surface area contributed by atoms with Crippen LogP contribution in [0.1, 0.15) is 12.8 Å². The Morgan fingerprint density at radius 1 is 1.00 bits per heavy atom. The minimum atomic E-state index is 0.0401. The fourth-order valence-corrected chi connectivity index (χ4v) is 1.77. The minimum absolute atomic E-state index is 0.0401. The van der Waals surface area contributed by atoms with E-state index in [1.54, 1.807) is 0 Å². The number of aliphatic hydroxyl groups excluding tert-OH is 1. The third-order valence-electron chi connectivity index (χ3n) is 2.76. The van der Waals surface area contributed by atoms with Gasteiger partial charge in [-0.15, -0.1) is 0 Å². The van der Waals surface area contributed by atoms with Crippen LogP contribution in [-0.4, -0.2) is 24.2 Å². The second-order valence-electron chi connectivity index (χ2n) is 4.74. The van der Waals surface area contributed by atoms with E-state index < -0.39 is 0 Å². The summed E-state index contributed by atoms with van der Waals surface area (Å²) < 4.78 is 1.13. The monoisotopic (exact) mass is 363 g/mol. The van der Waals surface area contributed by atoms with E-state index in [9.17, 15) is 4.79 Å². The Balaban J connectivity index is 0.000000169. The van der Waals surface area contributed by atoms with Crippen LogP contribution in [-0.2, 0) is 4.79 Å². The molecule has 0 unspecified atom stereocenters. The van der Waals surface area contributed by atoms with Crippen molar-refractivity contribution in [3.05, 3.63) is 71.2 Å². The topological polar surface area (TPSA) is 49.3 Å². The number of nitrogens with one attached hydrogen (secondary N) is 1. The zero-order valence-corrected chi connectivity index (χ0v) is 14.1. The molecular formula is C18H22BrNO2. The lowest BCUT2D eigenvalue weighted by molar-refractivity contribution is -0.122. The van der Waals surface area contributed by atoms with Crippen LogP contribution in [0.15, 0.2) is 71.2 Å². The summed E-state index contributed by atoms with van der Waals surface area (Å²) >= 11 is 3.31. The van der Waals surface area contributed by atoms with Gasteiger partial charge in [-0.05, 0) is 25.0 Å². The summed E-state index contributed by atoms with van der Waals surface area (Å²) in [5, 5.41) is 10.9. The third-order valence-corrected chi connectivity index (χ3v) is 3.29. The average Bonchev–Trinajstić information content (AvgIpc) is 3.41. The molecule has 1 aliphatic rings. The molecule has 0 saturated heterocycles. The summed E-state index contributed by atoms with van der Waals surface area (Å²) in [4.78, 5) is 10.7. The third kappa shape index (κ3) is 10.1. The first-order valence-electron chi connectivity index (χ1n) is 7.33. The molecule has 22 heavy (non-hydrogen) atoms. The highest BCUT2D eigenvalue weighted by Gasteiger charge is 2.28. The van der Waals surface area contributed by atoms with E-state index in [1.807, 2.05) is 66.7 Å². The van der Waals surface area contributed by atoms with Crippen molar-refractivity contribution in [3.63, 3.8) is 0 Å². The number of carbonyl (C=O) groups excluding carboxylic acids is 1. The van der Waals surface area contributed by atoms with E-state index in [-0.39, 0.29) is 18.4 Å². The van der Waals surface area contributed by atoms with Crippen molar-refractivity contribution in [1.82, 2.24) is 5.32 Å². The molecule has 1 fully saturated rings. The Labute approximate surface area is 140 Å². The fraction of sp³-hybridized carbons (Fsp3) is 0.278. The predicted octanol–water partition coefficient (Wildman–Crippen LogP) is 3.64. The van der Waals surface area contributed by atoms with Gasteiger partial charge in [-0.25, -0.2) is 0 Å². The highest BCUT2D eigenvalue weighted by molar-refractivity contribution is 9.10. The molecule has 0 aliphatic heterocycles. The molecule has 1 amide bonds. The summed E-state index contributed by atoms with van der Waals surface area (Å²) in [6.45, 7) is 0.438. The maximum absolute atomic E-state index is 10.7. The van der Waals surface area contributed by atoms with E-state index in [4.69, 9.17) is 5.11 Å². The van der Waals surface area contributed by atoms with Crippen LogP contribution in [0.2, 0.25) is 0 Å². The van der Waals surface area contributed by atoms with Gasteiger partial charge in [-0.1, -0.05) is 70.5 Å². The lowest BCUT2D eigenvalue weighted by atomic mass is 10.4. The number of rotatable bonds is 3. The molecule has 0 radical (unpaired) electrons. The van der Waals surface area contributed by atoms with Gasteiger partial charge in [0.1, 0.15) is 0 Å². The van der Waals surface area contributed by atoms with Crippen molar-refractivity contribution >= 4 is 21.8 Å². The quantitative estimate of drug-likeness (QED) is 0.874. The number of amides is 1. The Kier molecular flexibility index (Phi) is 9.99. The van der Waals surface area contributed by atoms with Crippen molar-refractivity contribution in [1.29, 1.82) is 0 Å². The first-order chi connectivity index (χ1) is 10.7. The van der Waals surface area contributed by atoms with Gasteiger partial charge in [-0.3, -0.25) is 4.79 Å². The Bertz CT molecular complexity index is 474. The Morgan fingerprint density at radius 3 is 1.77 bits per heavy atom. The van der Waals surface area contributed by atoms with Gasteiger partial charge in [0.15, 0.2) is 0 Å². The summed E-state index contributed by atoms with van der Waals surface area (Å²) in [6, 6.07) is 22.0. The smallest absolute Gasteiger partial charge is 0.223 e. The van der Waals surface area contributed by atoms with Gasteiger partial charge in [0, 0.05) is 16.9 Å². The van der Waals surface area contributed by atoms with E-state index >= 15 is 0 Å². The van der Waals surface area contributed by atoms with Crippen molar-refractivity contribution in [2.45, 2.75) is 12.8 Å². The number of aliphatic hydroxyl groups is 1. The Morgan fingerprint density at radius 2 is 1.45 bits per heavy atom. The number of carbonyl (C=O) groups is 1. The van der Waals surface area contributed by atoms with E-state index in [0.29, 0.717) is 6.54 Å². The second kappa shape index (κ2) is 12.0. The molecule has 118 valence electrons. The number of hydrogen-bond acceptors (Lipinski definition) is 2. The van der Waals surface area contributed by atoms with Crippen LogP contribution in [0.5, 0.6) is 0 Å². The standard InChI is InChI=1S/C6H5Br.C6H11NO2.C6H6/c7-6-4-2-1-3-5-6;8-4-3-7-6(9)5-1-2-5;1-2-4-6-5-3-1/h1-5H;5,8H,1-4H2,(H,7,9);1-6H. The van der Waals surface area contributed by atoms with Crippen LogP contribution in [0.25, 0.3) is 0 Å². The number of hydrogen-bond donors (Lipinski definition) is 2. The van der Waals surface area contributed by atoms with Gasteiger partial charge < -0.3 is 10.4 Å². The van der Waals surface area contributed by atoms with E-state index in [2.05, 4.69) is 21.2 Å². The highest BCUT2D eigenvalue weighted by Crippen LogP contribution is 2.28. The zero-order valence-electron chi connectivity index (χ0n) is 12.5. The highest BCUT2D eigenvalue weighted by atomic mass is 79.9.